The van der Waals surface area contributed by atoms with Gasteiger partial charge in [0.05, 0.1) is 5.69 Å². The van der Waals surface area contributed by atoms with Crippen molar-refractivity contribution in [1.82, 2.24) is 15.1 Å². The first-order valence-electron chi connectivity index (χ1n) is 7.42. The van der Waals surface area contributed by atoms with Gasteiger partial charge in [0.2, 0.25) is 0 Å². The Morgan fingerprint density at radius 2 is 2.10 bits per heavy atom. The van der Waals surface area contributed by atoms with E-state index in [4.69, 9.17) is 0 Å². The number of hydrogen-bond donors (Lipinski definition) is 1. The van der Waals surface area contributed by atoms with E-state index in [0.29, 0.717) is 11.8 Å². The number of hydrogen-bond acceptors (Lipinski definition) is 2. The molecule has 3 heteroatoms. The van der Waals surface area contributed by atoms with Crippen LogP contribution < -0.4 is 5.32 Å². The molecular formula is C17H23N3. The van der Waals surface area contributed by atoms with Crippen LogP contribution in [0.1, 0.15) is 40.6 Å². The lowest BCUT2D eigenvalue weighted by molar-refractivity contribution is 0.403. The molecule has 1 aromatic heterocycles. The summed E-state index contributed by atoms with van der Waals surface area (Å²) >= 11 is 0. The largest absolute Gasteiger partial charge is 0.316 e. The Kier molecular flexibility index (Phi) is 3.62. The first kappa shape index (κ1) is 13.4. The Morgan fingerprint density at radius 3 is 2.80 bits per heavy atom. The second-order valence-electron chi connectivity index (χ2n) is 5.96. The third-order valence-corrected chi connectivity index (χ3v) is 4.40. The molecule has 2 aromatic rings. The van der Waals surface area contributed by atoms with Crippen LogP contribution in [0.4, 0.5) is 0 Å². The lowest BCUT2D eigenvalue weighted by Gasteiger charge is -2.32. The zero-order valence-corrected chi connectivity index (χ0v) is 12.6. The Hall–Kier alpha value is -1.61. The molecular weight excluding hydrogens is 246 g/mol. The number of rotatable bonds is 2. The summed E-state index contributed by atoms with van der Waals surface area (Å²) in [6, 6.07) is 8.94. The van der Waals surface area contributed by atoms with Crippen LogP contribution in [-0.4, -0.2) is 22.9 Å². The van der Waals surface area contributed by atoms with Gasteiger partial charge in [0.25, 0.3) is 0 Å². The Morgan fingerprint density at radius 1 is 1.25 bits per heavy atom. The molecule has 0 amide bonds. The van der Waals surface area contributed by atoms with Crippen LogP contribution in [0.3, 0.4) is 0 Å². The third-order valence-electron chi connectivity index (χ3n) is 4.40. The van der Waals surface area contributed by atoms with Crippen molar-refractivity contribution in [2.45, 2.75) is 32.1 Å². The molecule has 1 aliphatic rings. The third kappa shape index (κ3) is 2.50. The molecule has 1 saturated heterocycles. The maximum atomic E-state index is 4.53. The van der Waals surface area contributed by atoms with Gasteiger partial charge in [-0.2, -0.15) is 5.10 Å². The summed E-state index contributed by atoms with van der Waals surface area (Å²) in [4.78, 5) is 0. The fourth-order valence-electron chi connectivity index (χ4n) is 3.46. The minimum Gasteiger partial charge on any atom is -0.316 e. The predicted molar refractivity (Wildman–Crippen MR) is 82.1 cm³/mol. The second kappa shape index (κ2) is 5.41. The molecule has 0 radical (unpaired) electrons. The molecule has 20 heavy (non-hydrogen) atoms. The molecule has 1 fully saturated rings. The van der Waals surface area contributed by atoms with Crippen molar-refractivity contribution in [3.63, 3.8) is 0 Å². The van der Waals surface area contributed by atoms with Crippen LogP contribution in [0.5, 0.6) is 0 Å². The number of aromatic nitrogens is 2. The van der Waals surface area contributed by atoms with Crippen molar-refractivity contribution in [2.24, 2.45) is 7.05 Å². The molecule has 2 heterocycles. The van der Waals surface area contributed by atoms with Gasteiger partial charge in [-0.05, 0) is 43.9 Å². The van der Waals surface area contributed by atoms with Gasteiger partial charge in [0.1, 0.15) is 0 Å². The van der Waals surface area contributed by atoms with Crippen LogP contribution in [0.15, 0.2) is 30.5 Å². The van der Waals surface area contributed by atoms with Crippen molar-refractivity contribution in [3.8, 4) is 0 Å². The fourth-order valence-corrected chi connectivity index (χ4v) is 3.46. The normalized spacial score (nSPS) is 22.9. The van der Waals surface area contributed by atoms with E-state index in [1.165, 1.54) is 28.8 Å². The van der Waals surface area contributed by atoms with E-state index in [-0.39, 0.29) is 0 Å². The van der Waals surface area contributed by atoms with Crippen LogP contribution in [0, 0.1) is 13.8 Å². The highest BCUT2D eigenvalue weighted by atomic mass is 15.2. The minimum absolute atomic E-state index is 0.548. The molecule has 3 rings (SSSR count). The van der Waals surface area contributed by atoms with Crippen molar-refractivity contribution < 1.29 is 0 Å². The van der Waals surface area contributed by atoms with Gasteiger partial charge < -0.3 is 5.32 Å². The molecule has 0 saturated carbocycles. The number of nitrogens with zero attached hydrogens (tertiary/aromatic N) is 2. The molecule has 2 atom stereocenters. The Bertz CT molecular complexity index is 600. The molecule has 2 unspecified atom stereocenters. The maximum Gasteiger partial charge on any atom is 0.0628 e. The minimum atomic E-state index is 0.548. The van der Waals surface area contributed by atoms with Gasteiger partial charge in [-0.3, -0.25) is 4.68 Å². The Balaban J connectivity index is 1.97. The van der Waals surface area contributed by atoms with Crippen LogP contribution in [0.2, 0.25) is 0 Å². The van der Waals surface area contributed by atoms with Crippen molar-refractivity contribution in [3.05, 3.63) is 52.8 Å². The molecule has 1 aliphatic heterocycles. The van der Waals surface area contributed by atoms with E-state index in [0.717, 1.165) is 13.1 Å². The molecule has 1 aromatic carbocycles. The monoisotopic (exact) mass is 269 g/mol. The average molecular weight is 269 g/mol. The summed E-state index contributed by atoms with van der Waals surface area (Å²) in [6.07, 6.45) is 3.39. The van der Waals surface area contributed by atoms with E-state index in [1.807, 2.05) is 11.7 Å². The molecule has 3 nitrogen and oxygen atoms in total. The summed E-state index contributed by atoms with van der Waals surface area (Å²) in [5.41, 5.74) is 5.39. The standard InChI is InChI=1S/C17H23N3/c1-12-5-4-6-14(9-12)16-10-18-8-7-15(16)17-11-20(3)19-13(17)2/h4-6,9,11,15-16,18H,7-8,10H2,1-3H3. The van der Waals surface area contributed by atoms with E-state index in [2.05, 4.69) is 54.7 Å². The quantitative estimate of drug-likeness (QED) is 0.908. The van der Waals surface area contributed by atoms with Gasteiger partial charge in [-0.15, -0.1) is 0 Å². The van der Waals surface area contributed by atoms with E-state index < -0.39 is 0 Å². The molecule has 106 valence electrons. The summed E-state index contributed by atoms with van der Waals surface area (Å²) in [7, 11) is 2.01. The van der Waals surface area contributed by atoms with Crippen molar-refractivity contribution >= 4 is 0 Å². The summed E-state index contributed by atoms with van der Waals surface area (Å²) < 4.78 is 1.94. The zero-order valence-electron chi connectivity index (χ0n) is 12.6. The zero-order chi connectivity index (χ0) is 14.1. The van der Waals surface area contributed by atoms with Crippen molar-refractivity contribution in [1.29, 1.82) is 0 Å². The predicted octanol–water partition coefficient (Wildman–Crippen LogP) is 2.90. The molecule has 1 N–H and O–H groups in total. The van der Waals surface area contributed by atoms with Crippen LogP contribution in [-0.2, 0) is 7.05 Å². The highest BCUT2D eigenvalue weighted by Gasteiger charge is 2.29. The molecule has 0 bridgehead atoms. The molecule has 0 aliphatic carbocycles. The van der Waals surface area contributed by atoms with Crippen LogP contribution >= 0.6 is 0 Å². The average Bonchev–Trinajstić information content (AvgIpc) is 2.78. The van der Waals surface area contributed by atoms with E-state index >= 15 is 0 Å². The number of piperidine rings is 1. The summed E-state index contributed by atoms with van der Waals surface area (Å²) in [5, 5.41) is 8.08. The number of benzene rings is 1. The number of aryl methyl sites for hydroxylation is 3. The summed E-state index contributed by atoms with van der Waals surface area (Å²) in [5.74, 6) is 1.12. The van der Waals surface area contributed by atoms with E-state index in [9.17, 15) is 0 Å². The summed E-state index contributed by atoms with van der Waals surface area (Å²) in [6.45, 7) is 6.46. The van der Waals surface area contributed by atoms with E-state index in [1.54, 1.807) is 0 Å². The highest BCUT2D eigenvalue weighted by molar-refractivity contribution is 5.33. The first-order chi connectivity index (χ1) is 9.65. The fraction of sp³-hybridized carbons (Fsp3) is 0.471. The smallest absolute Gasteiger partial charge is 0.0628 e. The maximum absolute atomic E-state index is 4.53. The lowest BCUT2D eigenvalue weighted by Crippen LogP contribution is -2.34. The lowest BCUT2D eigenvalue weighted by atomic mass is 9.77. The van der Waals surface area contributed by atoms with Gasteiger partial charge in [-0.25, -0.2) is 0 Å². The van der Waals surface area contributed by atoms with Crippen molar-refractivity contribution in [2.75, 3.05) is 13.1 Å². The highest BCUT2D eigenvalue weighted by Crippen LogP contribution is 2.38. The van der Waals surface area contributed by atoms with Gasteiger partial charge >= 0.3 is 0 Å². The Labute approximate surface area is 121 Å². The van der Waals surface area contributed by atoms with Gasteiger partial charge in [0, 0.05) is 25.7 Å². The van der Waals surface area contributed by atoms with Crippen LogP contribution in [0.25, 0.3) is 0 Å². The second-order valence-corrected chi connectivity index (χ2v) is 5.96. The molecule has 0 spiro atoms. The first-order valence-corrected chi connectivity index (χ1v) is 7.42. The SMILES string of the molecule is Cc1cccc(C2CNCCC2c2cn(C)nc2C)c1. The van der Waals surface area contributed by atoms with Gasteiger partial charge in [0.15, 0.2) is 0 Å². The van der Waals surface area contributed by atoms with Gasteiger partial charge in [-0.1, -0.05) is 29.8 Å². The number of nitrogens with one attached hydrogen (secondary N) is 1. The topological polar surface area (TPSA) is 29.9 Å².